The van der Waals surface area contributed by atoms with Crippen LogP contribution in [0.4, 0.5) is 0 Å². The van der Waals surface area contributed by atoms with Gasteiger partial charge in [-0.05, 0) is 25.7 Å². The molecule has 1 aromatic rings. The van der Waals surface area contributed by atoms with Gasteiger partial charge in [0.15, 0.2) is 0 Å². The van der Waals surface area contributed by atoms with Crippen molar-refractivity contribution in [3.8, 4) is 0 Å². The fraction of sp³-hybridized carbons (Fsp3) is 0.615. The number of aryl methyl sites for hydroxylation is 1. The molecule has 2 rings (SSSR count). The van der Waals surface area contributed by atoms with E-state index < -0.39 is 0 Å². The zero-order valence-electron chi connectivity index (χ0n) is 11.0. The number of rotatable bonds is 2. The Hall–Kier alpha value is -1.49. The molecule has 1 aromatic heterocycles. The topological polar surface area (TPSA) is 72.1 Å². The molecule has 0 aliphatic carbocycles. The number of hydrogen-bond acceptors (Lipinski definition) is 4. The van der Waals surface area contributed by atoms with Gasteiger partial charge in [0, 0.05) is 25.3 Å². The largest absolute Gasteiger partial charge is 0.333 e. The van der Waals surface area contributed by atoms with Crippen molar-refractivity contribution in [1.82, 2.24) is 14.9 Å². The molecule has 1 fully saturated rings. The Balaban J connectivity index is 2.18. The minimum absolute atomic E-state index is 0.0514. The predicted octanol–water partition coefficient (Wildman–Crippen LogP) is 0.984. The normalized spacial score (nSPS) is 24.1. The van der Waals surface area contributed by atoms with Gasteiger partial charge < -0.3 is 10.6 Å². The second-order valence-corrected chi connectivity index (χ2v) is 4.96. The smallest absolute Gasteiger partial charge is 0.274 e. The highest BCUT2D eigenvalue weighted by Gasteiger charge is 2.31. The molecule has 2 atom stereocenters. The molecule has 1 saturated heterocycles. The average molecular weight is 248 g/mol. The Kier molecular flexibility index (Phi) is 3.91. The first kappa shape index (κ1) is 13.0. The summed E-state index contributed by atoms with van der Waals surface area (Å²) in [5.41, 5.74) is 7.02. The second-order valence-electron chi connectivity index (χ2n) is 4.96. The number of nitrogens with zero attached hydrogens (tertiary/aromatic N) is 3. The first-order chi connectivity index (χ1) is 8.63. The van der Waals surface area contributed by atoms with Crippen molar-refractivity contribution in [2.75, 3.05) is 13.1 Å². The van der Waals surface area contributed by atoms with Crippen molar-refractivity contribution < 1.29 is 4.79 Å². The molecular formula is C13H20N4O. The summed E-state index contributed by atoms with van der Waals surface area (Å²) in [5.74, 6) is 0.399. The Morgan fingerprint density at radius 1 is 1.50 bits per heavy atom. The number of likely N-dealkylation sites (tertiary alicyclic amines) is 1. The van der Waals surface area contributed by atoms with Gasteiger partial charge in [-0.3, -0.25) is 9.78 Å². The van der Waals surface area contributed by atoms with E-state index >= 15 is 0 Å². The molecule has 5 nitrogen and oxygen atoms in total. The van der Waals surface area contributed by atoms with E-state index in [9.17, 15) is 4.79 Å². The van der Waals surface area contributed by atoms with Crippen LogP contribution in [0.2, 0.25) is 0 Å². The van der Waals surface area contributed by atoms with Crippen molar-refractivity contribution in [1.29, 1.82) is 0 Å². The summed E-state index contributed by atoms with van der Waals surface area (Å²) in [6.07, 6.45) is 5.33. The standard InChI is InChI=1S/C13H20N4O/c1-9-4-3-5-17(12(9)6-14)13(18)11-8-15-10(2)7-16-11/h7-9,12H,3-6,14H2,1-2H3. The number of piperidine rings is 1. The first-order valence-electron chi connectivity index (χ1n) is 6.43. The molecule has 0 bridgehead atoms. The molecule has 5 heteroatoms. The average Bonchev–Trinajstić information content (AvgIpc) is 2.38. The van der Waals surface area contributed by atoms with E-state index in [1.165, 1.54) is 0 Å². The van der Waals surface area contributed by atoms with Crippen molar-refractivity contribution in [2.24, 2.45) is 11.7 Å². The lowest BCUT2D eigenvalue weighted by Crippen LogP contribution is -2.51. The van der Waals surface area contributed by atoms with E-state index in [4.69, 9.17) is 5.73 Å². The molecule has 0 saturated carbocycles. The molecule has 0 spiro atoms. The van der Waals surface area contributed by atoms with Gasteiger partial charge >= 0.3 is 0 Å². The molecule has 98 valence electrons. The Labute approximate surface area is 107 Å². The molecule has 2 heterocycles. The van der Waals surface area contributed by atoms with Gasteiger partial charge in [0.25, 0.3) is 5.91 Å². The maximum absolute atomic E-state index is 12.4. The Bertz CT molecular complexity index is 418. The summed E-state index contributed by atoms with van der Waals surface area (Å²) in [4.78, 5) is 22.5. The van der Waals surface area contributed by atoms with E-state index in [1.807, 2.05) is 11.8 Å². The molecule has 18 heavy (non-hydrogen) atoms. The second kappa shape index (κ2) is 5.44. The van der Waals surface area contributed by atoms with E-state index in [0.29, 0.717) is 18.2 Å². The van der Waals surface area contributed by atoms with Crippen LogP contribution in [0.3, 0.4) is 0 Å². The van der Waals surface area contributed by atoms with Crippen molar-refractivity contribution in [2.45, 2.75) is 32.7 Å². The van der Waals surface area contributed by atoms with Crippen LogP contribution >= 0.6 is 0 Å². The number of aromatic nitrogens is 2. The summed E-state index contributed by atoms with van der Waals surface area (Å²) >= 11 is 0. The quantitative estimate of drug-likeness (QED) is 0.847. The molecule has 1 aliphatic heterocycles. The van der Waals surface area contributed by atoms with Gasteiger partial charge in [-0.15, -0.1) is 0 Å². The third kappa shape index (κ3) is 2.51. The third-order valence-electron chi connectivity index (χ3n) is 3.62. The Morgan fingerprint density at radius 3 is 2.89 bits per heavy atom. The van der Waals surface area contributed by atoms with Crippen LogP contribution in [0.5, 0.6) is 0 Å². The molecule has 1 amide bonds. The number of nitrogens with two attached hydrogens (primary N) is 1. The van der Waals surface area contributed by atoms with Crippen LogP contribution in [-0.4, -0.2) is 39.9 Å². The maximum Gasteiger partial charge on any atom is 0.274 e. The molecule has 2 unspecified atom stereocenters. The zero-order valence-corrected chi connectivity index (χ0v) is 11.0. The minimum Gasteiger partial charge on any atom is -0.333 e. The van der Waals surface area contributed by atoms with Crippen molar-refractivity contribution >= 4 is 5.91 Å². The summed E-state index contributed by atoms with van der Waals surface area (Å²) in [6.45, 7) is 5.28. The van der Waals surface area contributed by atoms with Crippen LogP contribution in [0, 0.1) is 12.8 Å². The number of hydrogen-bond donors (Lipinski definition) is 1. The van der Waals surface area contributed by atoms with Crippen LogP contribution < -0.4 is 5.73 Å². The molecule has 0 aromatic carbocycles. The summed E-state index contributed by atoms with van der Waals surface area (Å²) in [7, 11) is 0. The van der Waals surface area contributed by atoms with E-state index in [-0.39, 0.29) is 11.9 Å². The van der Waals surface area contributed by atoms with E-state index in [1.54, 1.807) is 12.4 Å². The highest BCUT2D eigenvalue weighted by molar-refractivity contribution is 5.92. The van der Waals surface area contributed by atoms with Crippen LogP contribution in [-0.2, 0) is 0 Å². The van der Waals surface area contributed by atoms with Gasteiger partial charge in [-0.1, -0.05) is 6.92 Å². The maximum atomic E-state index is 12.4. The van der Waals surface area contributed by atoms with Gasteiger partial charge in [-0.2, -0.15) is 0 Å². The predicted molar refractivity (Wildman–Crippen MR) is 69.0 cm³/mol. The fourth-order valence-corrected chi connectivity index (χ4v) is 2.51. The Morgan fingerprint density at radius 2 is 2.28 bits per heavy atom. The van der Waals surface area contributed by atoms with E-state index in [2.05, 4.69) is 16.9 Å². The van der Waals surface area contributed by atoms with Crippen molar-refractivity contribution in [3.05, 3.63) is 23.8 Å². The summed E-state index contributed by atoms with van der Waals surface area (Å²) in [6, 6.07) is 0.120. The lowest BCUT2D eigenvalue weighted by molar-refractivity contribution is 0.0526. The van der Waals surface area contributed by atoms with Crippen LogP contribution in [0.1, 0.15) is 35.9 Å². The molecule has 2 N–H and O–H groups in total. The minimum atomic E-state index is -0.0514. The number of carbonyl (C=O) groups is 1. The van der Waals surface area contributed by atoms with Crippen LogP contribution in [0.25, 0.3) is 0 Å². The van der Waals surface area contributed by atoms with Crippen LogP contribution in [0.15, 0.2) is 12.4 Å². The highest BCUT2D eigenvalue weighted by atomic mass is 16.2. The van der Waals surface area contributed by atoms with Crippen molar-refractivity contribution in [3.63, 3.8) is 0 Å². The zero-order chi connectivity index (χ0) is 13.1. The molecule has 1 aliphatic rings. The first-order valence-corrected chi connectivity index (χ1v) is 6.43. The lowest BCUT2D eigenvalue weighted by Gasteiger charge is -2.39. The summed E-state index contributed by atoms with van der Waals surface area (Å²) < 4.78 is 0. The lowest BCUT2D eigenvalue weighted by atomic mass is 9.90. The number of carbonyl (C=O) groups excluding carboxylic acids is 1. The number of amides is 1. The summed E-state index contributed by atoms with van der Waals surface area (Å²) in [5, 5.41) is 0. The van der Waals surface area contributed by atoms with E-state index in [0.717, 1.165) is 25.1 Å². The molecule has 0 radical (unpaired) electrons. The van der Waals surface area contributed by atoms with Gasteiger partial charge in [0.1, 0.15) is 5.69 Å². The van der Waals surface area contributed by atoms with Gasteiger partial charge in [0.05, 0.1) is 11.9 Å². The molecular weight excluding hydrogens is 228 g/mol. The SMILES string of the molecule is Cc1cnc(C(=O)N2CCCC(C)C2CN)cn1. The monoisotopic (exact) mass is 248 g/mol. The third-order valence-corrected chi connectivity index (χ3v) is 3.62. The highest BCUT2D eigenvalue weighted by Crippen LogP contribution is 2.23. The fourth-order valence-electron chi connectivity index (χ4n) is 2.51. The van der Waals surface area contributed by atoms with Gasteiger partial charge in [-0.25, -0.2) is 4.98 Å². The van der Waals surface area contributed by atoms with Gasteiger partial charge in [0.2, 0.25) is 0 Å².